The summed E-state index contributed by atoms with van der Waals surface area (Å²) in [4.78, 5) is 78.0. The van der Waals surface area contributed by atoms with E-state index in [4.69, 9.17) is 28.2 Å². The van der Waals surface area contributed by atoms with Crippen molar-refractivity contribution in [2.24, 2.45) is 0 Å². The smallest absolute Gasteiger partial charge is 0.470 e. The van der Waals surface area contributed by atoms with E-state index in [0.29, 0.717) is 39.1 Å². The van der Waals surface area contributed by atoms with Gasteiger partial charge in [-0.15, -0.1) is 0 Å². The van der Waals surface area contributed by atoms with E-state index in [9.17, 15) is 43.7 Å². The molecular weight excluding hydrogens is 1290 g/mol. The first-order valence-electron chi connectivity index (χ1n) is 42.2. The van der Waals surface area contributed by atoms with E-state index in [2.05, 4.69) is 57.5 Å². The number of carboxylic acid groups (broad SMARTS) is 1. The number of aliphatic hydroxyl groups is 1. The van der Waals surface area contributed by atoms with Crippen molar-refractivity contribution in [1.29, 1.82) is 0 Å². The summed E-state index contributed by atoms with van der Waals surface area (Å²) in [6.45, 7) is 13.2. The number of hydrogen-bond acceptors (Lipinski definition) is 12. The molecule has 0 aromatic rings. The van der Waals surface area contributed by atoms with E-state index in [1.807, 2.05) is 0 Å². The fourth-order valence-electron chi connectivity index (χ4n) is 13.8. The lowest BCUT2D eigenvalue weighted by Crippen LogP contribution is -2.70. The molecular formula is C81H158N3O15P. The van der Waals surface area contributed by atoms with Gasteiger partial charge in [0.15, 0.2) is 12.3 Å². The molecule has 9 atom stereocenters. The van der Waals surface area contributed by atoms with Gasteiger partial charge in [-0.2, -0.15) is 0 Å². The molecule has 1 rings (SSSR count). The van der Waals surface area contributed by atoms with Crippen molar-refractivity contribution in [3.8, 4) is 0 Å². The van der Waals surface area contributed by atoms with Gasteiger partial charge in [0.2, 0.25) is 17.7 Å². The van der Waals surface area contributed by atoms with Gasteiger partial charge in [-0.3, -0.25) is 18.9 Å². The number of aliphatic carboxylic acids is 1. The summed E-state index contributed by atoms with van der Waals surface area (Å²) in [6.07, 6.45) is 52.9. The lowest BCUT2D eigenvalue weighted by molar-refractivity contribution is -0.249. The number of rotatable bonds is 76. The zero-order chi connectivity index (χ0) is 73.2. The Morgan fingerprint density at radius 2 is 0.660 bits per heavy atom. The van der Waals surface area contributed by atoms with E-state index in [0.717, 1.165) is 141 Å². The zero-order valence-corrected chi connectivity index (χ0v) is 66.2. The molecule has 3 amide bonds. The van der Waals surface area contributed by atoms with Crippen LogP contribution >= 0.6 is 7.82 Å². The maximum atomic E-state index is 14.9. The minimum atomic E-state index is -5.40. The second kappa shape index (κ2) is 68.6. The Morgan fingerprint density at radius 1 is 0.390 bits per heavy atom. The molecule has 0 saturated carbocycles. The van der Waals surface area contributed by atoms with Crippen LogP contribution in [0.15, 0.2) is 0 Å². The van der Waals surface area contributed by atoms with Gasteiger partial charge in [0.1, 0.15) is 18.2 Å². The van der Waals surface area contributed by atoms with Crippen LogP contribution in [0.25, 0.3) is 0 Å². The van der Waals surface area contributed by atoms with Gasteiger partial charge in [-0.25, -0.2) is 9.36 Å². The Kier molecular flexibility index (Phi) is 65.6. The van der Waals surface area contributed by atoms with Crippen molar-refractivity contribution in [3.05, 3.63) is 0 Å². The quantitative estimate of drug-likeness (QED) is 0.0221. The molecule has 1 saturated heterocycles. The molecule has 7 N–H and O–H groups in total. The maximum absolute atomic E-state index is 14.9. The number of carboxylic acids is 1. The van der Waals surface area contributed by atoms with E-state index < -0.39 is 99.7 Å². The monoisotopic (exact) mass is 1440 g/mol. The molecule has 19 heteroatoms. The van der Waals surface area contributed by atoms with Crippen molar-refractivity contribution >= 4 is 31.5 Å². The number of ether oxygens (including phenoxy) is 5. The van der Waals surface area contributed by atoms with Gasteiger partial charge in [0.05, 0.1) is 56.8 Å². The van der Waals surface area contributed by atoms with Crippen molar-refractivity contribution in [1.82, 2.24) is 16.0 Å². The van der Waals surface area contributed by atoms with Gasteiger partial charge in [-0.1, -0.05) is 350 Å². The number of amides is 3. The molecule has 0 bridgehead atoms. The minimum absolute atomic E-state index is 0.0667. The van der Waals surface area contributed by atoms with Gasteiger partial charge >= 0.3 is 13.8 Å². The summed E-state index contributed by atoms with van der Waals surface area (Å²) in [5.74, 6) is -3.01. The van der Waals surface area contributed by atoms with Crippen LogP contribution in [0.5, 0.6) is 0 Å². The van der Waals surface area contributed by atoms with Crippen molar-refractivity contribution < 1.29 is 72.0 Å². The predicted octanol–water partition coefficient (Wildman–Crippen LogP) is 20.2. The van der Waals surface area contributed by atoms with Crippen molar-refractivity contribution in [2.45, 2.75) is 462 Å². The third-order valence-electron chi connectivity index (χ3n) is 20.0. The van der Waals surface area contributed by atoms with E-state index >= 15 is 0 Å². The standard InChI is InChI=1S/C81H158N3O15P/c1-7-13-19-25-31-37-40-46-52-58-69(94-61-55-49-43-34-28-22-16-10-4)64-74(86)82-72(80(89)90)68-97-81-78(84-76(88)66-71(60-54-48-42-39-33-27-21-15-9-3)96-63-57-51-45-36-30-24-18-12-6)77(79(73(67-85)98-81)99-100(91,92)93)83-75(87)65-70(59-53-47-41-38-32-26-20-14-8-2)95-62-56-50-44-35-29-23-17-11-5/h69-73,77-79,81,85H,7-68H2,1-6H3,(H,82,86)(H,83,87)(H,84,88)(H,89,90)(H2,91,92,93)/t69-,70-,71-,72+,73?,77?,78?,79-,81-/m1/s1. The Hall–Kier alpha value is -2.25. The molecule has 0 aromatic heterocycles. The number of carbonyl (C=O) groups is 4. The minimum Gasteiger partial charge on any atom is -0.480 e. The molecule has 1 aliphatic rings. The van der Waals surface area contributed by atoms with Crippen LogP contribution in [0.3, 0.4) is 0 Å². The molecule has 100 heavy (non-hydrogen) atoms. The van der Waals surface area contributed by atoms with Crippen molar-refractivity contribution in [2.75, 3.05) is 33.0 Å². The third kappa shape index (κ3) is 56.1. The Labute approximate surface area is 612 Å². The fraction of sp³-hybridized carbons (Fsp3) is 0.951. The SMILES string of the molecule is CCCCCCCCCCC[C@H](CC(=O)NC1C(NC(=O)C[C@@H](CCCCCCCCCCC)OCCCCCCCCCC)[C@H](OP(=O)(O)O)C(CO)O[C@H]1OC[C@H](NC(=O)C[C@@H](CCCCCCCCCCC)OCCCCCCCCCC)C(=O)O)OCCCCCCCCCC. The summed E-state index contributed by atoms with van der Waals surface area (Å²) in [7, 11) is -5.40. The van der Waals surface area contributed by atoms with E-state index in [-0.39, 0.29) is 19.3 Å². The van der Waals surface area contributed by atoms with Crippen LogP contribution < -0.4 is 16.0 Å². The average Bonchev–Trinajstić information content (AvgIpc) is 0.781. The van der Waals surface area contributed by atoms with Crippen LogP contribution in [-0.2, 0) is 52.0 Å². The third-order valence-corrected chi connectivity index (χ3v) is 20.6. The molecule has 3 unspecified atom stereocenters. The number of hydrogen-bond donors (Lipinski definition) is 7. The van der Waals surface area contributed by atoms with E-state index in [1.54, 1.807) is 0 Å². The predicted molar refractivity (Wildman–Crippen MR) is 408 cm³/mol. The second-order valence-corrected chi connectivity index (χ2v) is 30.8. The summed E-state index contributed by atoms with van der Waals surface area (Å²) < 4.78 is 50.6. The molecule has 18 nitrogen and oxygen atoms in total. The number of nitrogens with one attached hydrogen (secondary N) is 3. The summed E-state index contributed by atoms with van der Waals surface area (Å²) in [5.41, 5.74) is 0. The van der Waals surface area contributed by atoms with Crippen LogP contribution in [0.2, 0.25) is 0 Å². The zero-order valence-electron chi connectivity index (χ0n) is 65.3. The van der Waals surface area contributed by atoms with Crippen LogP contribution in [0, 0.1) is 0 Å². The first-order valence-corrected chi connectivity index (χ1v) is 43.8. The highest BCUT2D eigenvalue weighted by Gasteiger charge is 2.51. The number of aliphatic hydroxyl groups excluding tert-OH is 1. The number of carbonyl (C=O) groups excluding carboxylic acids is 3. The van der Waals surface area contributed by atoms with Gasteiger partial charge in [0, 0.05) is 19.8 Å². The molecule has 0 spiro atoms. The molecule has 1 aliphatic heterocycles. The number of phosphoric ester groups is 1. The summed E-state index contributed by atoms with van der Waals surface area (Å²) in [5, 5.41) is 30.4. The van der Waals surface area contributed by atoms with Gasteiger partial charge < -0.3 is 59.6 Å². The second-order valence-electron chi connectivity index (χ2n) is 29.6. The molecule has 1 heterocycles. The number of unbranched alkanes of at least 4 members (excludes halogenated alkanes) is 45. The molecule has 0 radical (unpaired) electrons. The largest absolute Gasteiger partial charge is 0.480 e. The lowest BCUT2D eigenvalue weighted by Gasteiger charge is -2.46. The first kappa shape index (κ1) is 95.8. The first-order chi connectivity index (χ1) is 48.7. The molecule has 0 aliphatic carbocycles. The summed E-state index contributed by atoms with van der Waals surface area (Å²) >= 11 is 0. The van der Waals surface area contributed by atoms with Gasteiger partial charge in [0.25, 0.3) is 0 Å². The lowest BCUT2D eigenvalue weighted by atomic mass is 9.93. The highest BCUT2D eigenvalue weighted by atomic mass is 31.2. The highest BCUT2D eigenvalue weighted by molar-refractivity contribution is 7.46. The van der Waals surface area contributed by atoms with Crippen LogP contribution in [-0.4, -0.2) is 132 Å². The highest BCUT2D eigenvalue weighted by Crippen LogP contribution is 2.42. The summed E-state index contributed by atoms with van der Waals surface area (Å²) in [6, 6.07) is -4.60. The normalized spacial score (nSPS) is 17.7. The van der Waals surface area contributed by atoms with Crippen molar-refractivity contribution in [3.63, 3.8) is 0 Å². The average molecular weight is 1450 g/mol. The topological polar surface area (TPSA) is 258 Å². The molecule has 1 fully saturated rings. The Balaban J connectivity index is 3.73. The maximum Gasteiger partial charge on any atom is 0.470 e. The molecule has 592 valence electrons. The molecule has 0 aromatic carbocycles. The van der Waals surface area contributed by atoms with Crippen LogP contribution in [0.1, 0.15) is 408 Å². The van der Waals surface area contributed by atoms with Crippen LogP contribution in [0.4, 0.5) is 0 Å². The fourth-order valence-corrected chi connectivity index (χ4v) is 14.4. The van der Waals surface area contributed by atoms with E-state index in [1.165, 1.54) is 186 Å². The Bertz CT molecular complexity index is 1850. The number of phosphoric acid groups is 1. The Morgan fingerprint density at radius 3 is 0.940 bits per heavy atom. The van der Waals surface area contributed by atoms with Gasteiger partial charge in [-0.05, 0) is 38.5 Å².